The van der Waals surface area contributed by atoms with Gasteiger partial charge in [-0.1, -0.05) is 6.07 Å². The maximum Gasteiger partial charge on any atom is 0.238 e. The molecule has 1 aromatic heterocycles. The summed E-state index contributed by atoms with van der Waals surface area (Å²) in [5.74, 6) is 0.545. The Kier molecular flexibility index (Phi) is 5.05. The summed E-state index contributed by atoms with van der Waals surface area (Å²) < 4.78 is 22.8. The second-order valence-electron chi connectivity index (χ2n) is 5.88. The number of nitrogens with zero attached hydrogens (tertiary/aromatic N) is 2. The fraction of sp³-hybridized carbons (Fsp3) is 0.600. The van der Waals surface area contributed by atoms with Gasteiger partial charge >= 0.3 is 0 Å². The van der Waals surface area contributed by atoms with Gasteiger partial charge in [0.1, 0.15) is 11.1 Å². The van der Waals surface area contributed by atoms with Crippen LogP contribution in [0.5, 0.6) is 0 Å². The average Bonchev–Trinajstić information content (AvgIpc) is 2.46. The number of aryl methyl sites for hydroxylation is 1. The lowest BCUT2D eigenvalue weighted by Gasteiger charge is -2.33. The predicted octanol–water partition coefficient (Wildman–Crippen LogP) is 0.908. The van der Waals surface area contributed by atoms with Crippen molar-refractivity contribution in [3.05, 3.63) is 23.9 Å². The number of pyridine rings is 1. The molecule has 7 heteroatoms. The maximum absolute atomic E-state index is 11.9. The number of carbonyl (C=O) groups excluding carboxylic acids is 1. The molecule has 0 aromatic carbocycles. The Morgan fingerprint density at radius 1 is 1.36 bits per heavy atom. The van der Waals surface area contributed by atoms with Gasteiger partial charge in [0, 0.05) is 31.1 Å². The average molecular weight is 325 g/mol. The molecule has 122 valence electrons. The molecule has 1 amide bonds. The first-order valence-corrected chi connectivity index (χ1v) is 9.40. The number of aromatic nitrogens is 1. The van der Waals surface area contributed by atoms with Crippen molar-refractivity contribution in [2.45, 2.75) is 38.0 Å². The van der Waals surface area contributed by atoms with E-state index in [4.69, 9.17) is 0 Å². The maximum atomic E-state index is 11.9. The Hall–Kier alpha value is -1.63. The van der Waals surface area contributed by atoms with Crippen molar-refractivity contribution in [3.8, 4) is 0 Å². The van der Waals surface area contributed by atoms with Gasteiger partial charge in [-0.05, 0) is 38.8 Å². The van der Waals surface area contributed by atoms with Crippen LogP contribution in [0.2, 0.25) is 0 Å². The first kappa shape index (κ1) is 16.7. The zero-order chi connectivity index (χ0) is 16.3. The van der Waals surface area contributed by atoms with Crippen molar-refractivity contribution >= 4 is 21.6 Å². The van der Waals surface area contributed by atoms with Crippen molar-refractivity contribution in [1.29, 1.82) is 0 Å². The number of rotatable bonds is 4. The summed E-state index contributed by atoms with van der Waals surface area (Å²) in [4.78, 5) is 18.6. The van der Waals surface area contributed by atoms with E-state index in [9.17, 15) is 13.2 Å². The molecule has 1 fully saturated rings. The molecule has 1 atom stereocenters. The molecule has 0 saturated carbocycles. The number of hydrogen-bond donors (Lipinski definition) is 1. The van der Waals surface area contributed by atoms with E-state index in [-0.39, 0.29) is 6.04 Å². The molecule has 1 saturated heterocycles. The van der Waals surface area contributed by atoms with Gasteiger partial charge in [0.05, 0.1) is 0 Å². The van der Waals surface area contributed by atoms with Crippen LogP contribution in [0.15, 0.2) is 18.2 Å². The van der Waals surface area contributed by atoms with Crippen LogP contribution >= 0.6 is 0 Å². The summed E-state index contributed by atoms with van der Waals surface area (Å²) in [6, 6.07) is 5.96. The molecule has 0 radical (unpaired) electrons. The molecule has 1 N–H and O–H groups in total. The molecule has 0 bridgehead atoms. The smallest absolute Gasteiger partial charge is 0.238 e. The summed E-state index contributed by atoms with van der Waals surface area (Å²) in [7, 11) is -3.34. The highest BCUT2D eigenvalue weighted by molar-refractivity contribution is 7.92. The lowest BCUT2D eigenvalue weighted by atomic mass is 10.0. The number of anilines is 1. The zero-order valence-electron chi connectivity index (χ0n) is 13.2. The van der Waals surface area contributed by atoms with E-state index in [2.05, 4.69) is 15.2 Å². The van der Waals surface area contributed by atoms with Crippen molar-refractivity contribution < 1.29 is 13.2 Å². The highest BCUT2D eigenvalue weighted by atomic mass is 32.2. The van der Waals surface area contributed by atoms with Gasteiger partial charge in [-0.2, -0.15) is 0 Å². The largest absolute Gasteiger partial charge is 0.356 e. The predicted molar refractivity (Wildman–Crippen MR) is 86.7 cm³/mol. The topological polar surface area (TPSA) is 79.4 Å². The Morgan fingerprint density at radius 2 is 2.00 bits per heavy atom. The zero-order valence-corrected chi connectivity index (χ0v) is 14.1. The summed E-state index contributed by atoms with van der Waals surface area (Å²) in [5.41, 5.74) is 0.981. The molecule has 2 rings (SSSR count). The van der Waals surface area contributed by atoms with Crippen LogP contribution in [0, 0.1) is 6.92 Å². The molecule has 2 heterocycles. The summed E-state index contributed by atoms with van der Waals surface area (Å²) in [6.45, 7) is 4.99. The van der Waals surface area contributed by atoms with E-state index in [0.717, 1.165) is 43.7 Å². The van der Waals surface area contributed by atoms with Crippen molar-refractivity contribution in [1.82, 2.24) is 10.3 Å². The third kappa shape index (κ3) is 4.19. The third-order valence-electron chi connectivity index (χ3n) is 4.05. The third-order valence-corrected chi connectivity index (χ3v) is 5.55. The van der Waals surface area contributed by atoms with E-state index >= 15 is 0 Å². The van der Waals surface area contributed by atoms with E-state index in [1.165, 1.54) is 6.92 Å². The number of nitrogens with one attached hydrogen (secondary N) is 1. The summed E-state index contributed by atoms with van der Waals surface area (Å²) in [5, 5.41) is 1.85. The molecule has 0 aliphatic carbocycles. The minimum atomic E-state index is -3.34. The molecular formula is C15H23N3O3S. The van der Waals surface area contributed by atoms with Crippen LogP contribution in [0.4, 0.5) is 5.82 Å². The second-order valence-corrected chi connectivity index (χ2v) is 8.24. The minimum Gasteiger partial charge on any atom is -0.356 e. The van der Waals surface area contributed by atoms with Crippen LogP contribution in [0.3, 0.4) is 0 Å². The number of piperidine rings is 1. The van der Waals surface area contributed by atoms with Gasteiger partial charge in [0.2, 0.25) is 5.91 Å². The summed E-state index contributed by atoms with van der Waals surface area (Å²) >= 11 is 0. The number of sulfone groups is 1. The lowest BCUT2D eigenvalue weighted by molar-refractivity contribution is -0.121. The molecule has 1 aliphatic rings. The fourth-order valence-corrected chi connectivity index (χ4v) is 2.93. The van der Waals surface area contributed by atoms with E-state index in [1.807, 2.05) is 25.1 Å². The highest BCUT2D eigenvalue weighted by Gasteiger charge is 2.27. The molecule has 22 heavy (non-hydrogen) atoms. The minimum absolute atomic E-state index is 0.0257. The van der Waals surface area contributed by atoms with Crippen LogP contribution in [-0.4, -0.2) is 49.9 Å². The lowest BCUT2D eigenvalue weighted by Crippen LogP contribution is -2.48. The summed E-state index contributed by atoms with van der Waals surface area (Å²) in [6.07, 6.45) is 2.67. The Bertz CT molecular complexity index is 637. The molecule has 0 spiro atoms. The normalized spacial score (nSPS) is 18.0. The molecule has 1 unspecified atom stereocenters. The number of carbonyl (C=O) groups is 1. The van der Waals surface area contributed by atoms with E-state index in [1.54, 1.807) is 0 Å². The first-order chi connectivity index (χ1) is 10.3. The monoisotopic (exact) mass is 325 g/mol. The van der Waals surface area contributed by atoms with Crippen LogP contribution in [-0.2, 0) is 14.6 Å². The SMILES string of the molecule is Cc1cccc(N2CCC(NC(=O)C(C)S(C)(=O)=O)CC2)n1. The van der Waals surface area contributed by atoms with Crippen LogP contribution < -0.4 is 10.2 Å². The standard InChI is InChI=1S/C15H23N3O3S/c1-11-5-4-6-14(16-11)18-9-7-13(8-10-18)17-15(19)12(2)22(3,20)21/h4-6,12-13H,7-10H2,1-3H3,(H,17,19). The number of hydrogen-bond acceptors (Lipinski definition) is 5. The Labute approximate surface area is 131 Å². The Balaban J connectivity index is 1.89. The van der Waals surface area contributed by atoms with Crippen molar-refractivity contribution in [3.63, 3.8) is 0 Å². The number of amides is 1. The van der Waals surface area contributed by atoms with Crippen LogP contribution in [0.25, 0.3) is 0 Å². The van der Waals surface area contributed by atoms with Gasteiger partial charge in [0.25, 0.3) is 0 Å². The quantitative estimate of drug-likeness (QED) is 0.890. The van der Waals surface area contributed by atoms with Crippen molar-refractivity contribution in [2.75, 3.05) is 24.2 Å². The first-order valence-electron chi connectivity index (χ1n) is 7.45. The van der Waals surface area contributed by atoms with E-state index < -0.39 is 21.0 Å². The molecular weight excluding hydrogens is 302 g/mol. The van der Waals surface area contributed by atoms with Gasteiger partial charge in [-0.3, -0.25) is 4.79 Å². The highest BCUT2D eigenvalue weighted by Crippen LogP contribution is 2.18. The fourth-order valence-electron chi connectivity index (χ4n) is 2.47. The van der Waals surface area contributed by atoms with Gasteiger partial charge in [0.15, 0.2) is 9.84 Å². The van der Waals surface area contributed by atoms with Crippen LogP contribution in [0.1, 0.15) is 25.5 Å². The molecule has 1 aromatic rings. The van der Waals surface area contributed by atoms with E-state index in [0.29, 0.717) is 0 Å². The van der Waals surface area contributed by atoms with Gasteiger partial charge in [-0.25, -0.2) is 13.4 Å². The molecule has 1 aliphatic heterocycles. The second kappa shape index (κ2) is 6.64. The van der Waals surface area contributed by atoms with Gasteiger partial charge < -0.3 is 10.2 Å². The van der Waals surface area contributed by atoms with Gasteiger partial charge in [-0.15, -0.1) is 0 Å². The van der Waals surface area contributed by atoms with Crippen molar-refractivity contribution in [2.24, 2.45) is 0 Å². The molecule has 6 nitrogen and oxygen atoms in total. The Morgan fingerprint density at radius 3 is 2.55 bits per heavy atom.